The van der Waals surface area contributed by atoms with Gasteiger partial charge in [-0.2, -0.15) is 0 Å². The quantitative estimate of drug-likeness (QED) is 0.882. The Bertz CT molecular complexity index is 797. The molecule has 7 heteroatoms. The zero-order valence-electron chi connectivity index (χ0n) is 15.4. The average molecular weight is 355 g/mol. The van der Waals surface area contributed by atoms with Crippen molar-refractivity contribution in [3.8, 4) is 0 Å². The number of carbonyl (C=O) groups excluding carboxylic acids is 1. The molecule has 1 saturated heterocycles. The van der Waals surface area contributed by atoms with Crippen molar-refractivity contribution in [1.29, 1.82) is 0 Å². The summed E-state index contributed by atoms with van der Waals surface area (Å²) in [5.41, 5.74) is 4.42. The maximum Gasteiger partial charge on any atom is 0.220 e. The number of hydrogen-bond acceptors (Lipinski definition) is 6. The number of fused-ring (bicyclic) bond motifs is 1. The molecule has 2 aromatic heterocycles. The summed E-state index contributed by atoms with van der Waals surface area (Å²) >= 11 is 0. The normalized spacial score (nSPS) is 19.0. The van der Waals surface area contributed by atoms with Gasteiger partial charge < -0.3 is 14.7 Å². The second kappa shape index (κ2) is 7.05. The first-order valence-electron chi connectivity index (χ1n) is 9.40. The fourth-order valence-corrected chi connectivity index (χ4v) is 4.08. The molecular weight excluding hydrogens is 330 g/mol. The largest absolute Gasteiger partial charge is 0.361 e. The summed E-state index contributed by atoms with van der Waals surface area (Å²) in [7, 11) is 0. The summed E-state index contributed by atoms with van der Waals surface area (Å²) in [5, 5.41) is 7.12. The number of nitrogens with zero attached hydrogens (tertiary/aromatic N) is 4. The van der Waals surface area contributed by atoms with Gasteiger partial charge in [0.2, 0.25) is 5.91 Å². The van der Waals surface area contributed by atoms with Gasteiger partial charge in [-0.05, 0) is 46.0 Å². The summed E-state index contributed by atoms with van der Waals surface area (Å²) in [5.74, 6) is 1.96. The summed E-state index contributed by atoms with van der Waals surface area (Å²) in [6, 6.07) is 0.180. The summed E-state index contributed by atoms with van der Waals surface area (Å²) in [6.45, 7) is 5.56. The maximum atomic E-state index is 12.3. The number of anilines is 1. The lowest BCUT2D eigenvalue weighted by Gasteiger charge is -2.20. The molecule has 0 saturated carbocycles. The number of nitrogens with one attached hydrogen (secondary N) is 1. The van der Waals surface area contributed by atoms with Gasteiger partial charge in [0.05, 0.1) is 5.69 Å². The van der Waals surface area contributed by atoms with Gasteiger partial charge in [-0.25, -0.2) is 9.97 Å². The number of aryl methyl sites for hydroxylation is 3. The Kier molecular flexibility index (Phi) is 4.61. The van der Waals surface area contributed by atoms with Crippen LogP contribution in [0.15, 0.2) is 10.9 Å². The van der Waals surface area contributed by atoms with E-state index in [1.807, 2.05) is 13.8 Å². The smallest absolute Gasteiger partial charge is 0.220 e. The molecule has 0 spiro atoms. The van der Waals surface area contributed by atoms with E-state index in [4.69, 9.17) is 4.52 Å². The van der Waals surface area contributed by atoms with E-state index in [1.54, 1.807) is 6.33 Å². The minimum atomic E-state index is 0.0877. The van der Waals surface area contributed by atoms with Crippen LogP contribution in [0.1, 0.15) is 47.5 Å². The summed E-state index contributed by atoms with van der Waals surface area (Å²) < 4.78 is 5.16. The van der Waals surface area contributed by atoms with Gasteiger partial charge in [-0.1, -0.05) is 5.16 Å². The first-order valence-corrected chi connectivity index (χ1v) is 9.40. The lowest BCUT2D eigenvalue weighted by atomic mass is 10.1. The Balaban J connectivity index is 1.32. The van der Waals surface area contributed by atoms with Crippen molar-refractivity contribution in [3.63, 3.8) is 0 Å². The van der Waals surface area contributed by atoms with E-state index < -0.39 is 0 Å². The minimum Gasteiger partial charge on any atom is -0.361 e. The van der Waals surface area contributed by atoms with Crippen molar-refractivity contribution in [1.82, 2.24) is 20.4 Å². The fraction of sp³-hybridized carbons (Fsp3) is 0.579. The zero-order valence-corrected chi connectivity index (χ0v) is 15.4. The Hall–Kier alpha value is -2.44. The van der Waals surface area contributed by atoms with E-state index in [0.717, 1.165) is 61.6 Å². The Morgan fingerprint density at radius 3 is 3.04 bits per heavy atom. The molecule has 1 fully saturated rings. The van der Waals surface area contributed by atoms with E-state index in [2.05, 4.69) is 25.3 Å². The van der Waals surface area contributed by atoms with Crippen LogP contribution in [-0.2, 0) is 24.1 Å². The fourth-order valence-electron chi connectivity index (χ4n) is 4.08. The van der Waals surface area contributed by atoms with Gasteiger partial charge in [0.1, 0.15) is 17.9 Å². The molecule has 2 aliphatic rings. The van der Waals surface area contributed by atoms with Gasteiger partial charge >= 0.3 is 0 Å². The molecule has 2 aromatic rings. The number of carbonyl (C=O) groups is 1. The monoisotopic (exact) mass is 355 g/mol. The number of rotatable bonds is 5. The molecule has 1 atom stereocenters. The van der Waals surface area contributed by atoms with Crippen LogP contribution in [0.2, 0.25) is 0 Å². The third kappa shape index (κ3) is 3.30. The average Bonchev–Trinajstić information content (AvgIpc) is 3.34. The van der Waals surface area contributed by atoms with Gasteiger partial charge in [0.15, 0.2) is 0 Å². The van der Waals surface area contributed by atoms with E-state index in [-0.39, 0.29) is 11.9 Å². The highest BCUT2D eigenvalue weighted by atomic mass is 16.5. The molecule has 4 rings (SSSR count). The predicted molar refractivity (Wildman–Crippen MR) is 97.1 cm³/mol. The standard InChI is InChI=1S/C19H25N5O2/c1-12-15(13(2)26-23-12)6-7-18(25)22-14-8-9-24(10-14)19-16-4-3-5-17(16)20-11-21-19/h11,14H,3-10H2,1-2H3,(H,22,25)/t14-/m0/s1. The van der Waals surface area contributed by atoms with E-state index in [9.17, 15) is 4.79 Å². The molecule has 1 aliphatic carbocycles. The Morgan fingerprint density at radius 1 is 1.35 bits per heavy atom. The van der Waals surface area contributed by atoms with Crippen LogP contribution in [0, 0.1) is 13.8 Å². The molecule has 26 heavy (non-hydrogen) atoms. The highest BCUT2D eigenvalue weighted by Crippen LogP contribution is 2.29. The van der Waals surface area contributed by atoms with Gasteiger partial charge in [-0.3, -0.25) is 4.79 Å². The second-order valence-corrected chi connectivity index (χ2v) is 7.28. The van der Waals surface area contributed by atoms with E-state index in [0.29, 0.717) is 12.8 Å². The highest BCUT2D eigenvalue weighted by Gasteiger charge is 2.28. The molecule has 0 unspecified atom stereocenters. The molecule has 0 aromatic carbocycles. The van der Waals surface area contributed by atoms with Gasteiger partial charge in [0.25, 0.3) is 0 Å². The second-order valence-electron chi connectivity index (χ2n) is 7.28. The van der Waals surface area contributed by atoms with E-state index >= 15 is 0 Å². The van der Waals surface area contributed by atoms with Crippen LogP contribution < -0.4 is 10.2 Å². The van der Waals surface area contributed by atoms with Crippen molar-refractivity contribution < 1.29 is 9.32 Å². The molecule has 1 aliphatic heterocycles. The van der Waals surface area contributed by atoms with Gasteiger partial charge in [0, 0.05) is 42.4 Å². The molecular formula is C19H25N5O2. The molecule has 0 radical (unpaired) electrons. The first-order chi connectivity index (χ1) is 12.6. The lowest BCUT2D eigenvalue weighted by Crippen LogP contribution is -2.37. The minimum absolute atomic E-state index is 0.0877. The summed E-state index contributed by atoms with van der Waals surface area (Å²) in [4.78, 5) is 23.6. The van der Waals surface area contributed by atoms with Gasteiger partial charge in [-0.15, -0.1) is 0 Å². The van der Waals surface area contributed by atoms with Crippen LogP contribution in [-0.4, -0.2) is 40.2 Å². The van der Waals surface area contributed by atoms with Crippen LogP contribution in [0.5, 0.6) is 0 Å². The van der Waals surface area contributed by atoms with Crippen molar-refractivity contribution in [3.05, 3.63) is 34.6 Å². The lowest BCUT2D eigenvalue weighted by molar-refractivity contribution is -0.121. The van der Waals surface area contributed by atoms with Crippen molar-refractivity contribution in [2.24, 2.45) is 0 Å². The van der Waals surface area contributed by atoms with Crippen LogP contribution in [0.25, 0.3) is 0 Å². The molecule has 7 nitrogen and oxygen atoms in total. The first kappa shape index (κ1) is 17.0. The molecule has 3 heterocycles. The molecule has 138 valence electrons. The van der Waals surface area contributed by atoms with Crippen LogP contribution in [0.4, 0.5) is 5.82 Å². The highest BCUT2D eigenvalue weighted by molar-refractivity contribution is 5.76. The van der Waals surface area contributed by atoms with Crippen LogP contribution in [0.3, 0.4) is 0 Å². The maximum absolute atomic E-state index is 12.3. The van der Waals surface area contributed by atoms with Crippen molar-refractivity contribution in [2.75, 3.05) is 18.0 Å². The van der Waals surface area contributed by atoms with E-state index in [1.165, 1.54) is 11.3 Å². The Morgan fingerprint density at radius 2 is 2.23 bits per heavy atom. The topological polar surface area (TPSA) is 84.2 Å². The predicted octanol–water partition coefficient (Wildman–Crippen LogP) is 1.90. The molecule has 0 bridgehead atoms. The number of aromatic nitrogens is 3. The number of hydrogen-bond donors (Lipinski definition) is 1. The Labute approximate surface area is 153 Å². The SMILES string of the molecule is Cc1noc(C)c1CCC(=O)N[C@H]1CCN(c2ncnc3c2CCC3)C1. The molecule has 1 amide bonds. The van der Waals surface area contributed by atoms with Crippen LogP contribution >= 0.6 is 0 Å². The third-order valence-corrected chi connectivity index (χ3v) is 5.49. The summed E-state index contributed by atoms with van der Waals surface area (Å²) in [6.07, 6.45) is 7.05. The van der Waals surface area contributed by atoms with Crippen molar-refractivity contribution in [2.45, 2.75) is 58.4 Å². The molecule has 1 N–H and O–H groups in total. The van der Waals surface area contributed by atoms with Crippen molar-refractivity contribution >= 4 is 11.7 Å². The number of amides is 1. The zero-order chi connectivity index (χ0) is 18.1. The third-order valence-electron chi connectivity index (χ3n) is 5.49.